The Hall–Kier alpha value is -5.07. The molecule has 6 rings (SSSR count). The molecule has 1 aromatic heterocycles. The van der Waals surface area contributed by atoms with Gasteiger partial charge in [0.15, 0.2) is 5.78 Å². The predicted molar refractivity (Wildman–Crippen MR) is 167 cm³/mol. The summed E-state index contributed by atoms with van der Waals surface area (Å²) in [6.45, 7) is 12.0. The van der Waals surface area contributed by atoms with Crippen LogP contribution in [-0.2, 0) is 11.3 Å². The van der Waals surface area contributed by atoms with Crippen LogP contribution in [0.2, 0.25) is 0 Å². The van der Waals surface area contributed by atoms with Gasteiger partial charge in [-0.3, -0.25) is 4.79 Å². The Bertz CT molecular complexity index is 1880. The van der Waals surface area contributed by atoms with Crippen LogP contribution in [0.25, 0.3) is 5.69 Å². The van der Waals surface area contributed by atoms with Gasteiger partial charge in [-0.05, 0) is 83.5 Å². The normalized spacial score (nSPS) is 18.4. The van der Waals surface area contributed by atoms with Gasteiger partial charge in [0, 0.05) is 43.4 Å². The predicted octanol–water partition coefficient (Wildman–Crippen LogP) is 3.76. The number of aromatic nitrogens is 3. The zero-order valence-corrected chi connectivity index (χ0v) is 26.7. The summed E-state index contributed by atoms with van der Waals surface area (Å²) in [4.78, 5) is 67.7. The lowest BCUT2D eigenvalue weighted by molar-refractivity contribution is 0.0153. The highest BCUT2D eigenvalue weighted by Gasteiger charge is 2.44. The van der Waals surface area contributed by atoms with E-state index in [9.17, 15) is 24.0 Å². The number of amides is 2. The van der Waals surface area contributed by atoms with Crippen LogP contribution in [0.5, 0.6) is 11.5 Å². The van der Waals surface area contributed by atoms with E-state index in [-0.39, 0.29) is 31.2 Å². The molecule has 0 aliphatic carbocycles. The molecule has 3 aliphatic rings. The van der Waals surface area contributed by atoms with Crippen LogP contribution in [0.15, 0.2) is 63.7 Å². The molecular formula is C33H37N5O8. The van der Waals surface area contributed by atoms with Crippen molar-refractivity contribution in [3.63, 3.8) is 0 Å². The number of ether oxygens (including phenoxy) is 3. The molecule has 13 nitrogen and oxygen atoms in total. The lowest BCUT2D eigenvalue weighted by Gasteiger charge is -2.42. The van der Waals surface area contributed by atoms with Gasteiger partial charge in [0.2, 0.25) is 0 Å². The fraction of sp³-hybridized carbons (Fsp3) is 0.424. The molecule has 0 bridgehead atoms. The van der Waals surface area contributed by atoms with Crippen molar-refractivity contribution in [2.45, 2.75) is 65.3 Å². The van der Waals surface area contributed by atoms with E-state index < -0.39 is 40.8 Å². The van der Waals surface area contributed by atoms with Crippen molar-refractivity contribution in [3.8, 4) is 17.2 Å². The first kappa shape index (κ1) is 30.9. The number of nitrogens with zero attached hydrogens (tertiary/aromatic N) is 5. The third-order valence-corrected chi connectivity index (χ3v) is 8.35. The first-order valence-electron chi connectivity index (χ1n) is 15.2. The van der Waals surface area contributed by atoms with Crippen LogP contribution in [0.4, 0.5) is 9.59 Å². The maximum atomic E-state index is 13.9. The summed E-state index contributed by atoms with van der Waals surface area (Å²) >= 11 is 0. The van der Waals surface area contributed by atoms with E-state index in [1.54, 1.807) is 68.1 Å². The summed E-state index contributed by atoms with van der Waals surface area (Å²) in [6, 6.07) is 10.7. The molecule has 0 N–H and O–H groups in total. The van der Waals surface area contributed by atoms with Crippen molar-refractivity contribution in [1.82, 2.24) is 23.7 Å². The molecule has 1 saturated heterocycles. The van der Waals surface area contributed by atoms with Gasteiger partial charge in [0.1, 0.15) is 28.7 Å². The van der Waals surface area contributed by atoms with E-state index in [2.05, 4.69) is 0 Å². The Morgan fingerprint density at radius 2 is 1.52 bits per heavy atom. The van der Waals surface area contributed by atoms with E-state index in [1.807, 2.05) is 19.9 Å². The highest BCUT2D eigenvalue weighted by molar-refractivity contribution is 5.94. The van der Waals surface area contributed by atoms with Crippen LogP contribution in [0.3, 0.4) is 0 Å². The Labute approximate surface area is 265 Å². The number of carbonyl (C=O) groups is 3. The average molecular weight is 632 g/mol. The van der Waals surface area contributed by atoms with Gasteiger partial charge in [0.25, 0.3) is 0 Å². The van der Waals surface area contributed by atoms with E-state index in [4.69, 9.17) is 14.2 Å². The largest absolute Gasteiger partial charge is 0.483 e. The number of Topliss-reactive ketones (excluding diaryl/α,β-unsaturated/α-hetero) is 1. The number of ketones is 1. The summed E-state index contributed by atoms with van der Waals surface area (Å²) in [5, 5.41) is 0. The quantitative estimate of drug-likeness (QED) is 0.315. The minimum atomic E-state index is -0.843. The van der Waals surface area contributed by atoms with E-state index >= 15 is 0 Å². The summed E-state index contributed by atoms with van der Waals surface area (Å²) in [7, 11) is 0. The summed E-state index contributed by atoms with van der Waals surface area (Å²) in [5.41, 5.74) is -0.191. The number of rotatable bonds is 3. The lowest BCUT2D eigenvalue weighted by atomic mass is 9.83. The zero-order chi connectivity index (χ0) is 33.1. The second-order valence-corrected chi connectivity index (χ2v) is 13.1. The highest BCUT2D eigenvalue weighted by atomic mass is 16.6. The maximum Gasteiger partial charge on any atom is 0.415 e. The topological polar surface area (TPSA) is 134 Å². The summed E-state index contributed by atoms with van der Waals surface area (Å²) < 4.78 is 21.4. The van der Waals surface area contributed by atoms with E-state index in [0.29, 0.717) is 35.7 Å². The molecule has 2 aromatic carbocycles. The van der Waals surface area contributed by atoms with Crippen molar-refractivity contribution < 1.29 is 28.6 Å². The first-order chi connectivity index (χ1) is 21.6. The second-order valence-electron chi connectivity index (χ2n) is 13.1. The third kappa shape index (κ3) is 5.50. The molecule has 1 fully saturated rings. The van der Waals surface area contributed by atoms with E-state index in [1.165, 1.54) is 21.2 Å². The van der Waals surface area contributed by atoms with Gasteiger partial charge < -0.3 is 24.0 Å². The maximum absolute atomic E-state index is 13.9. The van der Waals surface area contributed by atoms with Gasteiger partial charge in [-0.25, -0.2) is 33.1 Å². The van der Waals surface area contributed by atoms with Crippen LogP contribution >= 0.6 is 0 Å². The molecular weight excluding hydrogens is 594 g/mol. The molecule has 0 saturated carbocycles. The minimum Gasteiger partial charge on any atom is -0.483 e. The second kappa shape index (κ2) is 11.1. The number of hydrogen-bond acceptors (Lipinski definition) is 8. The number of piperazine rings is 1. The highest BCUT2D eigenvalue weighted by Crippen LogP contribution is 2.47. The molecule has 242 valence electrons. The fourth-order valence-corrected chi connectivity index (χ4v) is 6.07. The van der Waals surface area contributed by atoms with Crippen LogP contribution in [0, 0.1) is 0 Å². The molecule has 3 aromatic rings. The van der Waals surface area contributed by atoms with Gasteiger partial charge in [-0.15, -0.1) is 0 Å². The Morgan fingerprint density at radius 3 is 2.13 bits per heavy atom. The molecule has 3 aliphatic heterocycles. The summed E-state index contributed by atoms with van der Waals surface area (Å²) in [5.74, 6) is 0.552. The lowest BCUT2D eigenvalue weighted by Crippen LogP contribution is -2.52. The molecule has 0 spiro atoms. The zero-order valence-electron chi connectivity index (χ0n) is 26.7. The van der Waals surface area contributed by atoms with Crippen molar-refractivity contribution in [2.24, 2.45) is 0 Å². The summed E-state index contributed by atoms with van der Waals surface area (Å²) in [6.07, 6.45) is 0.926. The van der Waals surface area contributed by atoms with Gasteiger partial charge in [-0.2, -0.15) is 0 Å². The van der Waals surface area contributed by atoms with Crippen molar-refractivity contribution in [1.29, 1.82) is 0 Å². The van der Waals surface area contributed by atoms with E-state index in [0.717, 1.165) is 10.1 Å². The number of allylic oxidation sites excluding steroid dienone is 1. The monoisotopic (exact) mass is 631 g/mol. The Balaban J connectivity index is 1.26. The molecule has 13 heteroatoms. The third-order valence-electron chi connectivity index (χ3n) is 8.35. The number of hydrogen-bond donors (Lipinski definition) is 0. The molecule has 46 heavy (non-hydrogen) atoms. The SMILES string of the molecule is CC(=O)c1ccc(-n2c(=O)n3n(c2=O)C2C(=CC3)C(C)(C)Oc3cc(OC(=O)N4CCN(C(=O)OC(C)(C)C)CC4)ccc32)cc1. The number of carbonyl (C=O) groups excluding carboxylic acids is 3. The smallest absolute Gasteiger partial charge is 0.415 e. The number of benzene rings is 2. The van der Waals surface area contributed by atoms with Gasteiger partial charge in [-0.1, -0.05) is 6.08 Å². The minimum absolute atomic E-state index is 0.118. The standard InChI is InChI=1S/C33H37N5O8/c1-20(39)21-7-9-22(10-8-21)37-28(40)36-14-13-25-27(38(36)29(37)41)24-12-11-23(19-26(24)45-33(25,5)6)44-30(42)34-15-17-35(18-16-34)31(43)46-32(2,3)4/h7-13,19,27H,14-18H2,1-6H3. The molecule has 2 amide bonds. The van der Waals surface area contributed by atoms with Crippen molar-refractivity contribution in [2.75, 3.05) is 26.2 Å². The van der Waals surface area contributed by atoms with Crippen LogP contribution in [0.1, 0.15) is 63.5 Å². The van der Waals surface area contributed by atoms with Crippen LogP contribution < -0.4 is 20.9 Å². The van der Waals surface area contributed by atoms with Crippen LogP contribution in [-0.4, -0.2) is 79.1 Å². The average Bonchev–Trinajstić information content (AvgIpc) is 3.25. The Morgan fingerprint density at radius 1 is 0.891 bits per heavy atom. The van der Waals surface area contributed by atoms with Gasteiger partial charge >= 0.3 is 23.6 Å². The first-order valence-corrected chi connectivity index (χ1v) is 15.2. The van der Waals surface area contributed by atoms with Crippen molar-refractivity contribution in [3.05, 3.63) is 86.2 Å². The van der Waals surface area contributed by atoms with Crippen molar-refractivity contribution >= 4 is 18.0 Å². The molecule has 1 atom stereocenters. The molecule has 4 heterocycles. The van der Waals surface area contributed by atoms with Gasteiger partial charge in [0.05, 0.1) is 12.2 Å². The fourth-order valence-electron chi connectivity index (χ4n) is 6.07. The molecule has 1 unspecified atom stereocenters. The Kier molecular flexibility index (Phi) is 7.45. The number of fused-ring (bicyclic) bond motifs is 5. The molecule has 0 radical (unpaired) electrons.